The van der Waals surface area contributed by atoms with Gasteiger partial charge in [0.2, 0.25) is 5.95 Å². The number of rotatable bonds is 5. The Balaban J connectivity index is 2.12. The van der Waals surface area contributed by atoms with E-state index in [0.717, 1.165) is 0 Å². The summed E-state index contributed by atoms with van der Waals surface area (Å²) in [6.45, 7) is 0.268. The summed E-state index contributed by atoms with van der Waals surface area (Å²) in [4.78, 5) is 16.3. The van der Waals surface area contributed by atoms with Crippen LogP contribution in [0.15, 0.2) is 35.8 Å². The zero-order chi connectivity index (χ0) is 18.1. The van der Waals surface area contributed by atoms with E-state index in [1.165, 1.54) is 26.4 Å². The smallest absolute Gasteiger partial charge is 0.387 e. The average Bonchev–Trinajstić information content (AvgIpc) is 3.01. The highest BCUT2D eigenvalue weighted by atomic mass is 19.3. The summed E-state index contributed by atoms with van der Waals surface area (Å²) in [5.41, 5.74) is 1.80. The average molecular weight is 350 g/mol. The van der Waals surface area contributed by atoms with Crippen molar-refractivity contribution < 1.29 is 23.0 Å². The van der Waals surface area contributed by atoms with Crippen LogP contribution in [0.5, 0.6) is 11.5 Å². The number of nitrogens with zero attached hydrogens (tertiary/aromatic N) is 3. The van der Waals surface area contributed by atoms with Crippen molar-refractivity contribution >= 4 is 11.7 Å². The molecular weight excluding hydrogens is 334 g/mol. The maximum absolute atomic E-state index is 12.5. The quantitative estimate of drug-likeness (QED) is 0.893. The van der Waals surface area contributed by atoms with Gasteiger partial charge in [0.1, 0.15) is 12.4 Å². The van der Waals surface area contributed by atoms with Crippen LogP contribution in [0.1, 0.15) is 25.5 Å². The molecule has 132 valence electrons. The summed E-state index contributed by atoms with van der Waals surface area (Å²) in [6, 6.07) is 3.98. The zero-order valence-corrected chi connectivity index (χ0v) is 13.8. The van der Waals surface area contributed by atoms with Crippen LogP contribution in [0.4, 0.5) is 14.7 Å². The second kappa shape index (κ2) is 6.50. The number of nitrogens with one attached hydrogen (secondary N) is 1. The molecule has 0 spiro atoms. The molecule has 1 N–H and O–H groups in total. The van der Waals surface area contributed by atoms with E-state index < -0.39 is 12.7 Å². The van der Waals surface area contributed by atoms with Crippen molar-refractivity contribution in [3.63, 3.8) is 0 Å². The number of carbonyl (C=O) groups is 1. The Bertz CT molecular complexity index is 848. The third kappa shape index (κ3) is 3.04. The van der Waals surface area contributed by atoms with Gasteiger partial charge in [0, 0.05) is 11.3 Å². The first-order chi connectivity index (χ1) is 11.9. The SMILES string of the molecule is COc1cc([C@@H]2C(C(C)=O)=C(C)Nc3ncnn32)ccc1OC(F)F. The third-order valence-corrected chi connectivity index (χ3v) is 3.89. The van der Waals surface area contributed by atoms with E-state index in [1.807, 2.05) is 0 Å². The number of hydrogen-bond acceptors (Lipinski definition) is 6. The molecule has 2 heterocycles. The predicted molar refractivity (Wildman–Crippen MR) is 84.8 cm³/mol. The van der Waals surface area contributed by atoms with Gasteiger partial charge < -0.3 is 14.8 Å². The number of Topliss-reactive ketones (excluding diaryl/α,β-unsaturated/α-hetero) is 1. The van der Waals surface area contributed by atoms with Gasteiger partial charge in [0.25, 0.3) is 0 Å². The Morgan fingerprint density at radius 2 is 2.12 bits per heavy atom. The maximum atomic E-state index is 12.5. The molecule has 7 nitrogen and oxygen atoms in total. The van der Waals surface area contributed by atoms with E-state index in [-0.39, 0.29) is 17.3 Å². The number of alkyl halides is 2. The van der Waals surface area contributed by atoms with Crippen molar-refractivity contribution in [2.45, 2.75) is 26.5 Å². The van der Waals surface area contributed by atoms with Gasteiger partial charge in [-0.1, -0.05) is 6.07 Å². The van der Waals surface area contributed by atoms with Gasteiger partial charge in [-0.25, -0.2) is 4.68 Å². The third-order valence-electron chi connectivity index (χ3n) is 3.89. The second-order valence-electron chi connectivity index (χ2n) is 5.44. The minimum absolute atomic E-state index is 0.0842. The van der Waals surface area contributed by atoms with Crippen LogP contribution in [-0.2, 0) is 4.79 Å². The van der Waals surface area contributed by atoms with Crippen LogP contribution >= 0.6 is 0 Å². The van der Waals surface area contributed by atoms with Gasteiger partial charge in [-0.05, 0) is 31.5 Å². The van der Waals surface area contributed by atoms with Crippen molar-refractivity contribution in [1.82, 2.24) is 14.8 Å². The molecule has 1 aromatic carbocycles. The van der Waals surface area contributed by atoms with Crippen molar-refractivity contribution in [1.29, 1.82) is 0 Å². The normalized spacial score (nSPS) is 16.5. The van der Waals surface area contributed by atoms with Crippen LogP contribution in [0.25, 0.3) is 0 Å². The number of benzene rings is 1. The minimum atomic E-state index is -2.96. The van der Waals surface area contributed by atoms with E-state index in [9.17, 15) is 13.6 Å². The molecule has 1 aliphatic rings. The summed E-state index contributed by atoms with van der Waals surface area (Å²) in [5.74, 6) is 0.403. The first-order valence-electron chi connectivity index (χ1n) is 7.43. The van der Waals surface area contributed by atoms with Gasteiger partial charge in [0.15, 0.2) is 17.3 Å². The van der Waals surface area contributed by atoms with E-state index >= 15 is 0 Å². The van der Waals surface area contributed by atoms with Crippen LogP contribution in [0.2, 0.25) is 0 Å². The molecule has 25 heavy (non-hydrogen) atoms. The van der Waals surface area contributed by atoms with Crippen molar-refractivity contribution in [2.24, 2.45) is 0 Å². The van der Waals surface area contributed by atoms with Crippen LogP contribution < -0.4 is 14.8 Å². The predicted octanol–water partition coefficient (Wildman–Crippen LogP) is 2.77. The van der Waals surface area contributed by atoms with E-state index in [1.54, 1.807) is 23.7 Å². The molecule has 0 saturated heterocycles. The summed E-state index contributed by atoms with van der Waals surface area (Å²) < 4.78 is 36.2. The summed E-state index contributed by atoms with van der Waals surface area (Å²) in [5, 5.41) is 7.20. The van der Waals surface area contributed by atoms with Gasteiger partial charge in [-0.2, -0.15) is 18.9 Å². The molecule has 0 radical (unpaired) electrons. The van der Waals surface area contributed by atoms with Crippen LogP contribution in [0.3, 0.4) is 0 Å². The molecule has 2 aromatic rings. The topological polar surface area (TPSA) is 78.3 Å². The minimum Gasteiger partial charge on any atom is -0.493 e. The monoisotopic (exact) mass is 350 g/mol. The molecule has 1 aromatic heterocycles. The summed E-state index contributed by atoms with van der Waals surface area (Å²) in [6.07, 6.45) is 1.37. The zero-order valence-electron chi connectivity index (χ0n) is 13.8. The van der Waals surface area contributed by atoms with E-state index in [0.29, 0.717) is 22.8 Å². The number of fused-ring (bicyclic) bond motifs is 1. The highest BCUT2D eigenvalue weighted by Crippen LogP contribution is 2.38. The number of hydrogen-bond donors (Lipinski definition) is 1. The summed E-state index contributed by atoms with van der Waals surface area (Å²) >= 11 is 0. The first-order valence-corrected chi connectivity index (χ1v) is 7.43. The second-order valence-corrected chi connectivity index (χ2v) is 5.44. The Morgan fingerprint density at radius 3 is 2.76 bits per heavy atom. The molecule has 3 rings (SSSR count). The lowest BCUT2D eigenvalue weighted by molar-refractivity contribution is -0.114. The molecule has 1 aliphatic heterocycles. The van der Waals surface area contributed by atoms with Gasteiger partial charge in [0.05, 0.1) is 7.11 Å². The molecule has 0 amide bonds. The van der Waals surface area contributed by atoms with E-state index in [2.05, 4.69) is 20.1 Å². The van der Waals surface area contributed by atoms with Gasteiger partial charge in [-0.3, -0.25) is 4.79 Å². The molecule has 1 atom stereocenters. The number of allylic oxidation sites excluding steroid dienone is 2. The van der Waals surface area contributed by atoms with Crippen molar-refractivity contribution in [3.05, 3.63) is 41.4 Å². The Kier molecular flexibility index (Phi) is 4.39. The highest BCUT2D eigenvalue weighted by Gasteiger charge is 2.32. The number of anilines is 1. The molecular formula is C16H16F2N4O3. The summed E-state index contributed by atoms with van der Waals surface area (Å²) in [7, 11) is 1.35. The highest BCUT2D eigenvalue weighted by molar-refractivity contribution is 5.96. The number of carbonyl (C=O) groups excluding carboxylic acids is 1. The first kappa shape index (κ1) is 16.9. The fraction of sp³-hybridized carbons (Fsp3) is 0.312. The number of aromatic nitrogens is 3. The standard InChI is InChI=1S/C16H16F2N4O3/c1-8-13(9(2)23)14(22-16(21-8)19-7-20-22)10-4-5-11(25-15(17)18)12(6-10)24-3/h4-7,14-15H,1-3H3,(H,19,20,21)/t14-/m1/s1. The van der Waals surface area contributed by atoms with E-state index in [4.69, 9.17) is 4.74 Å². The molecule has 0 unspecified atom stereocenters. The lowest BCUT2D eigenvalue weighted by atomic mass is 9.93. The molecule has 9 heteroatoms. The number of ketones is 1. The lowest BCUT2D eigenvalue weighted by Gasteiger charge is -2.28. The molecule has 0 bridgehead atoms. The van der Waals surface area contributed by atoms with Gasteiger partial charge >= 0.3 is 6.61 Å². The lowest BCUT2D eigenvalue weighted by Crippen LogP contribution is -2.27. The fourth-order valence-corrected chi connectivity index (χ4v) is 2.90. The molecule has 0 saturated carbocycles. The largest absolute Gasteiger partial charge is 0.493 e. The molecule has 0 aliphatic carbocycles. The van der Waals surface area contributed by atoms with Crippen LogP contribution in [0, 0.1) is 0 Å². The number of ether oxygens (including phenoxy) is 2. The Morgan fingerprint density at radius 1 is 1.36 bits per heavy atom. The number of methoxy groups -OCH3 is 1. The molecule has 0 fully saturated rings. The van der Waals surface area contributed by atoms with Crippen LogP contribution in [-0.4, -0.2) is 34.3 Å². The van der Waals surface area contributed by atoms with Crippen molar-refractivity contribution in [2.75, 3.05) is 12.4 Å². The maximum Gasteiger partial charge on any atom is 0.387 e. The fourth-order valence-electron chi connectivity index (χ4n) is 2.90. The Hall–Kier alpha value is -2.97. The van der Waals surface area contributed by atoms with Crippen molar-refractivity contribution in [3.8, 4) is 11.5 Å². The van der Waals surface area contributed by atoms with Gasteiger partial charge in [-0.15, -0.1) is 0 Å². The number of halogens is 2. The Labute approximate surface area is 142 Å².